The quantitative estimate of drug-likeness (QED) is 0.793. The SMILES string of the molecule is CCCNC(C)Cc1ccccc1.Cl. The molecule has 1 aromatic carbocycles. The average molecular weight is 214 g/mol. The fourth-order valence-electron chi connectivity index (χ4n) is 1.43. The van der Waals surface area contributed by atoms with Crippen LogP contribution in [0.1, 0.15) is 25.8 Å². The fraction of sp³-hybridized carbons (Fsp3) is 0.500. The van der Waals surface area contributed by atoms with E-state index in [0.29, 0.717) is 6.04 Å². The minimum absolute atomic E-state index is 0. The Labute approximate surface area is 93.3 Å². The predicted molar refractivity (Wildman–Crippen MR) is 65.1 cm³/mol. The first-order valence-electron chi connectivity index (χ1n) is 5.10. The van der Waals surface area contributed by atoms with Gasteiger partial charge in [0.05, 0.1) is 0 Å². The van der Waals surface area contributed by atoms with Crippen LogP contribution in [-0.2, 0) is 6.42 Å². The molecular weight excluding hydrogens is 194 g/mol. The first-order chi connectivity index (χ1) is 6.33. The molecule has 80 valence electrons. The third-order valence-electron chi connectivity index (χ3n) is 2.13. The molecule has 1 nitrogen and oxygen atoms in total. The van der Waals surface area contributed by atoms with Crippen LogP contribution in [0.15, 0.2) is 30.3 Å². The van der Waals surface area contributed by atoms with Gasteiger partial charge in [-0.05, 0) is 31.9 Å². The highest BCUT2D eigenvalue weighted by Crippen LogP contribution is 2.02. The molecule has 0 heterocycles. The van der Waals surface area contributed by atoms with Gasteiger partial charge in [0, 0.05) is 6.04 Å². The summed E-state index contributed by atoms with van der Waals surface area (Å²) >= 11 is 0. The van der Waals surface area contributed by atoms with E-state index in [-0.39, 0.29) is 12.4 Å². The van der Waals surface area contributed by atoms with Crippen molar-refractivity contribution in [2.75, 3.05) is 6.54 Å². The first-order valence-corrected chi connectivity index (χ1v) is 5.10. The van der Waals surface area contributed by atoms with Gasteiger partial charge in [-0.2, -0.15) is 0 Å². The largest absolute Gasteiger partial charge is 0.314 e. The Morgan fingerprint density at radius 2 is 1.86 bits per heavy atom. The Balaban J connectivity index is 0.00000169. The van der Waals surface area contributed by atoms with E-state index >= 15 is 0 Å². The number of hydrogen-bond donors (Lipinski definition) is 1. The van der Waals surface area contributed by atoms with E-state index in [2.05, 4.69) is 49.5 Å². The van der Waals surface area contributed by atoms with Crippen molar-refractivity contribution in [2.45, 2.75) is 32.7 Å². The second-order valence-corrected chi connectivity index (χ2v) is 3.54. The van der Waals surface area contributed by atoms with E-state index < -0.39 is 0 Å². The summed E-state index contributed by atoms with van der Waals surface area (Å²) in [5, 5.41) is 3.48. The summed E-state index contributed by atoms with van der Waals surface area (Å²) in [5.74, 6) is 0. The molecule has 0 aliphatic carbocycles. The summed E-state index contributed by atoms with van der Waals surface area (Å²) in [6.07, 6.45) is 2.33. The summed E-state index contributed by atoms with van der Waals surface area (Å²) in [6.45, 7) is 5.55. The highest BCUT2D eigenvalue weighted by molar-refractivity contribution is 5.85. The lowest BCUT2D eigenvalue weighted by Gasteiger charge is -2.12. The molecular formula is C12H20ClN. The van der Waals surface area contributed by atoms with E-state index in [9.17, 15) is 0 Å². The van der Waals surface area contributed by atoms with Gasteiger partial charge < -0.3 is 5.32 Å². The summed E-state index contributed by atoms with van der Waals surface area (Å²) in [5.41, 5.74) is 1.42. The van der Waals surface area contributed by atoms with Crippen LogP contribution in [0.4, 0.5) is 0 Å². The van der Waals surface area contributed by atoms with Crippen LogP contribution >= 0.6 is 12.4 Å². The molecule has 0 bridgehead atoms. The number of nitrogens with one attached hydrogen (secondary N) is 1. The molecule has 0 amide bonds. The summed E-state index contributed by atoms with van der Waals surface area (Å²) in [4.78, 5) is 0. The molecule has 0 radical (unpaired) electrons. The van der Waals surface area contributed by atoms with Crippen LogP contribution in [0.2, 0.25) is 0 Å². The minimum Gasteiger partial charge on any atom is -0.314 e. The third-order valence-corrected chi connectivity index (χ3v) is 2.13. The van der Waals surface area contributed by atoms with Crippen molar-refractivity contribution in [3.63, 3.8) is 0 Å². The lowest BCUT2D eigenvalue weighted by atomic mass is 10.1. The summed E-state index contributed by atoms with van der Waals surface area (Å²) in [7, 11) is 0. The Bertz CT molecular complexity index is 223. The monoisotopic (exact) mass is 213 g/mol. The number of benzene rings is 1. The van der Waals surface area contributed by atoms with Gasteiger partial charge in [-0.15, -0.1) is 12.4 Å². The maximum absolute atomic E-state index is 3.48. The van der Waals surface area contributed by atoms with Gasteiger partial charge in [0.25, 0.3) is 0 Å². The van der Waals surface area contributed by atoms with Crippen molar-refractivity contribution in [3.8, 4) is 0 Å². The normalized spacial score (nSPS) is 11.9. The smallest absolute Gasteiger partial charge is 0.00791 e. The van der Waals surface area contributed by atoms with Gasteiger partial charge in [-0.1, -0.05) is 37.3 Å². The second kappa shape index (κ2) is 7.84. The van der Waals surface area contributed by atoms with Crippen LogP contribution < -0.4 is 5.32 Å². The van der Waals surface area contributed by atoms with E-state index in [4.69, 9.17) is 0 Å². The van der Waals surface area contributed by atoms with E-state index in [1.807, 2.05) is 0 Å². The van der Waals surface area contributed by atoms with Crippen molar-refractivity contribution < 1.29 is 0 Å². The molecule has 0 saturated carbocycles. The van der Waals surface area contributed by atoms with E-state index in [1.54, 1.807) is 0 Å². The van der Waals surface area contributed by atoms with Gasteiger partial charge in [-0.25, -0.2) is 0 Å². The average Bonchev–Trinajstić information content (AvgIpc) is 2.16. The molecule has 1 rings (SSSR count). The second-order valence-electron chi connectivity index (χ2n) is 3.54. The first kappa shape index (κ1) is 13.5. The van der Waals surface area contributed by atoms with Gasteiger partial charge >= 0.3 is 0 Å². The van der Waals surface area contributed by atoms with Gasteiger partial charge in [0.1, 0.15) is 0 Å². The molecule has 1 aromatic rings. The van der Waals surface area contributed by atoms with Crippen molar-refractivity contribution in [3.05, 3.63) is 35.9 Å². The fourth-order valence-corrected chi connectivity index (χ4v) is 1.43. The molecule has 1 unspecified atom stereocenters. The van der Waals surface area contributed by atoms with Crippen molar-refractivity contribution in [2.24, 2.45) is 0 Å². The molecule has 0 aromatic heterocycles. The molecule has 0 spiro atoms. The Kier molecular flexibility index (Phi) is 7.54. The molecule has 0 aliphatic rings. The standard InChI is InChI=1S/C12H19N.ClH/c1-3-9-13-11(2)10-12-7-5-4-6-8-12;/h4-8,11,13H,3,9-10H2,1-2H3;1H. The molecule has 14 heavy (non-hydrogen) atoms. The summed E-state index contributed by atoms with van der Waals surface area (Å²) in [6, 6.07) is 11.2. The van der Waals surface area contributed by atoms with Crippen LogP contribution in [0.5, 0.6) is 0 Å². The third kappa shape index (κ3) is 5.25. The zero-order valence-electron chi connectivity index (χ0n) is 8.99. The number of hydrogen-bond acceptors (Lipinski definition) is 1. The minimum atomic E-state index is 0. The number of rotatable bonds is 5. The highest BCUT2D eigenvalue weighted by atomic mass is 35.5. The van der Waals surface area contributed by atoms with Gasteiger partial charge in [0.2, 0.25) is 0 Å². The molecule has 2 heteroatoms. The van der Waals surface area contributed by atoms with E-state index in [0.717, 1.165) is 13.0 Å². The molecule has 0 aliphatic heterocycles. The summed E-state index contributed by atoms with van der Waals surface area (Å²) < 4.78 is 0. The Hall–Kier alpha value is -0.530. The Morgan fingerprint density at radius 1 is 1.21 bits per heavy atom. The zero-order valence-corrected chi connectivity index (χ0v) is 9.81. The Morgan fingerprint density at radius 3 is 2.43 bits per heavy atom. The molecule has 0 fully saturated rings. The molecule has 0 saturated heterocycles. The lowest BCUT2D eigenvalue weighted by molar-refractivity contribution is 0.543. The van der Waals surface area contributed by atoms with Crippen LogP contribution in [0, 0.1) is 0 Å². The lowest BCUT2D eigenvalue weighted by Crippen LogP contribution is -2.28. The van der Waals surface area contributed by atoms with Crippen LogP contribution in [0.3, 0.4) is 0 Å². The topological polar surface area (TPSA) is 12.0 Å². The molecule has 1 atom stereocenters. The van der Waals surface area contributed by atoms with Crippen LogP contribution in [0.25, 0.3) is 0 Å². The van der Waals surface area contributed by atoms with Crippen molar-refractivity contribution in [1.82, 2.24) is 5.32 Å². The number of halogens is 1. The highest BCUT2D eigenvalue weighted by Gasteiger charge is 2.00. The van der Waals surface area contributed by atoms with Crippen molar-refractivity contribution >= 4 is 12.4 Å². The van der Waals surface area contributed by atoms with Gasteiger partial charge in [-0.3, -0.25) is 0 Å². The molecule has 1 N–H and O–H groups in total. The maximum atomic E-state index is 3.48. The van der Waals surface area contributed by atoms with Crippen LogP contribution in [-0.4, -0.2) is 12.6 Å². The van der Waals surface area contributed by atoms with E-state index in [1.165, 1.54) is 12.0 Å². The van der Waals surface area contributed by atoms with Crippen molar-refractivity contribution in [1.29, 1.82) is 0 Å². The maximum Gasteiger partial charge on any atom is 0.00791 e. The predicted octanol–water partition coefficient (Wildman–Crippen LogP) is 3.04. The zero-order chi connectivity index (χ0) is 9.52. The van der Waals surface area contributed by atoms with Gasteiger partial charge in [0.15, 0.2) is 0 Å².